The summed E-state index contributed by atoms with van der Waals surface area (Å²) in [5, 5.41) is 0.0797. The Kier molecular flexibility index (Phi) is 1.74. The van der Waals surface area contributed by atoms with Crippen LogP contribution in [0.25, 0.3) is 10.8 Å². The number of ether oxygens (including phenoxy) is 2. The molecule has 80 valence electrons. The first kappa shape index (κ1) is 9.53. The molecular formula is C10H3BrO5. The lowest BCUT2D eigenvalue weighted by atomic mass is 10.2. The molecule has 16 heavy (non-hydrogen) atoms. The van der Waals surface area contributed by atoms with Crippen molar-refractivity contribution >= 4 is 26.7 Å². The van der Waals surface area contributed by atoms with Crippen molar-refractivity contribution in [1.82, 2.24) is 0 Å². The predicted octanol–water partition coefficient (Wildman–Crippen LogP) is 0.287. The van der Waals surface area contributed by atoms with Crippen molar-refractivity contribution in [2.75, 3.05) is 6.79 Å². The Bertz CT molecular complexity index is 754. The van der Waals surface area contributed by atoms with Gasteiger partial charge in [0.25, 0.3) is 5.43 Å². The number of benzene rings is 1. The van der Waals surface area contributed by atoms with E-state index in [9.17, 15) is 14.4 Å². The Morgan fingerprint density at radius 1 is 1.00 bits per heavy atom. The Hall–Kier alpha value is -1.69. The third-order valence-electron chi connectivity index (χ3n) is 2.48. The van der Waals surface area contributed by atoms with Gasteiger partial charge in [-0.1, -0.05) is 0 Å². The molecule has 0 unspecified atom stereocenters. The van der Waals surface area contributed by atoms with E-state index in [4.69, 9.17) is 9.47 Å². The highest BCUT2D eigenvalue weighted by atomic mass is 79.9. The number of rotatable bonds is 0. The van der Waals surface area contributed by atoms with Crippen molar-refractivity contribution in [2.45, 2.75) is 0 Å². The summed E-state index contributed by atoms with van der Waals surface area (Å²) in [5.74, 6) is 0.545. The summed E-state index contributed by atoms with van der Waals surface area (Å²) in [6.45, 7) is -0.0200. The average Bonchev–Trinajstić information content (AvgIpc) is 2.78. The summed E-state index contributed by atoms with van der Waals surface area (Å²) in [4.78, 5) is 34.4. The fraction of sp³-hybridized carbons (Fsp3) is 0.100. The lowest BCUT2D eigenvalue weighted by Gasteiger charge is -1.98. The number of fused-ring (bicyclic) bond motifs is 3. The molecule has 0 N–H and O–H groups in total. The van der Waals surface area contributed by atoms with Crippen LogP contribution in [-0.2, 0) is 0 Å². The smallest absolute Gasteiger partial charge is 0.274 e. The normalized spacial score (nSPS) is 13.6. The fourth-order valence-electron chi connectivity index (χ4n) is 1.78. The second-order valence-corrected chi connectivity index (χ2v) is 4.18. The van der Waals surface area contributed by atoms with Gasteiger partial charge in [-0.2, -0.15) is 0 Å². The van der Waals surface area contributed by atoms with E-state index in [0.717, 1.165) is 0 Å². The zero-order chi connectivity index (χ0) is 11.4. The third-order valence-corrected chi connectivity index (χ3v) is 3.11. The Labute approximate surface area is 96.0 Å². The molecule has 0 atom stereocenters. The molecule has 0 aromatic heterocycles. The van der Waals surface area contributed by atoms with Crippen LogP contribution in [0, 0.1) is 0 Å². The molecule has 5 nitrogen and oxygen atoms in total. The zero-order valence-corrected chi connectivity index (χ0v) is 9.29. The van der Waals surface area contributed by atoms with Gasteiger partial charge in [0.2, 0.25) is 17.7 Å². The highest BCUT2D eigenvalue weighted by Crippen LogP contribution is 2.40. The van der Waals surface area contributed by atoms with Crippen LogP contribution < -0.4 is 25.8 Å². The van der Waals surface area contributed by atoms with E-state index in [1.165, 1.54) is 6.07 Å². The van der Waals surface area contributed by atoms with E-state index in [1.54, 1.807) is 0 Å². The van der Waals surface area contributed by atoms with E-state index in [0.29, 0.717) is 10.2 Å². The van der Waals surface area contributed by atoms with Gasteiger partial charge >= 0.3 is 0 Å². The minimum Gasteiger partial charge on any atom is -0.454 e. The lowest BCUT2D eigenvalue weighted by molar-refractivity contribution is 0.174. The molecule has 0 saturated heterocycles. The van der Waals surface area contributed by atoms with Gasteiger partial charge in [0.15, 0.2) is 11.5 Å². The van der Waals surface area contributed by atoms with E-state index in [-0.39, 0.29) is 23.3 Å². The molecule has 2 aromatic carbocycles. The van der Waals surface area contributed by atoms with Gasteiger partial charge in [-0.15, -0.1) is 0 Å². The van der Waals surface area contributed by atoms with Gasteiger partial charge in [-0.3, -0.25) is 14.4 Å². The first-order valence-corrected chi connectivity index (χ1v) is 5.16. The second kappa shape index (κ2) is 2.91. The van der Waals surface area contributed by atoms with E-state index in [1.807, 2.05) is 0 Å². The van der Waals surface area contributed by atoms with E-state index < -0.39 is 16.3 Å². The SMILES string of the molecule is O=c1c(=O)c2c(Br)cc3c(c2c1=O)OCO3. The van der Waals surface area contributed by atoms with Crippen LogP contribution in [0.1, 0.15) is 0 Å². The van der Waals surface area contributed by atoms with Crippen LogP contribution >= 0.6 is 15.9 Å². The summed E-state index contributed by atoms with van der Waals surface area (Å²) >= 11 is 3.14. The molecule has 0 saturated carbocycles. The van der Waals surface area contributed by atoms with Crippen molar-refractivity contribution < 1.29 is 9.47 Å². The van der Waals surface area contributed by atoms with Crippen molar-refractivity contribution in [2.24, 2.45) is 0 Å². The van der Waals surface area contributed by atoms with Crippen molar-refractivity contribution in [3.8, 4) is 11.5 Å². The molecule has 2 aromatic rings. The molecule has 1 heterocycles. The Balaban J connectivity index is 2.72. The maximum absolute atomic E-state index is 11.6. The molecule has 1 aliphatic heterocycles. The summed E-state index contributed by atoms with van der Waals surface area (Å²) in [5.41, 5.74) is -2.66. The van der Waals surface area contributed by atoms with Crippen molar-refractivity contribution in [3.05, 3.63) is 41.2 Å². The highest BCUT2D eigenvalue weighted by molar-refractivity contribution is 9.10. The van der Waals surface area contributed by atoms with E-state index in [2.05, 4.69) is 15.9 Å². The maximum atomic E-state index is 11.6. The van der Waals surface area contributed by atoms with Crippen molar-refractivity contribution in [3.63, 3.8) is 0 Å². The molecule has 1 aliphatic rings. The largest absolute Gasteiger partial charge is 0.454 e. The molecule has 0 bridgehead atoms. The van der Waals surface area contributed by atoms with Crippen LogP contribution in [0.5, 0.6) is 11.5 Å². The van der Waals surface area contributed by atoms with Gasteiger partial charge in [0.1, 0.15) is 0 Å². The maximum Gasteiger partial charge on any atom is 0.274 e. The first-order chi connectivity index (χ1) is 7.61. The minimum absolute atomic E-state index is 0.0110. The molecule has 6 heteroatoms. The molecule has 0 spiro atoms. The molecule has 3 rings (SSSR count). The predicted molar refractivity (Wildman–Crippen MR) is 59.0 cm³/mol. The second-order valence-electron chi connectivity index (χ2n) is 3.33. The molecule has 0 fully saturated rings. The van der Waals surface area contributed by atoms with Crippen LogP contribution in [-0.4, -0.2) is 6.79 Å². The monoisotopic (exact) mass is 282 g/mol. The van der Waals surface area contributed by atoms with Gasteiger partial charge in [-0.05, 0) is 22.0 Å². The van der Waals surface area contributed by atoms with Crippen LogP contribution in [0.15, 0.2) is 24.9 Å². The Morgan fingerprint density at radius 3 is 2.44 bits per heavy atom. The highest BCUT2D eigenvalue weighted by Gasteiger charge is 2.26. The van der Waals surface area contributed by atoms with Crippen molar-refractivity contribution in [1.29, 1.82) is 0 Å². The first-order valence-electron chi connectivity index (χ1n) is 4.36. The Morgan fingerprint density at radius 2 is 1.69 bits per heavy atom. The standard InChI is InChI=1S/C10H3BrO5/c11-3-1-4-10(16-2-15-4)6-5(3)7(12)9(14)8(6)13/h1H,2H2. The minimum atomic E-state index is -1.03. The molecule has 0 radical (unpaired) electrons. The van der Waals surface area contributed by atoms with Gasteiger partial charge in [0, 0.05) is 4.47 Å². The zero-order valence-electron chi connectivity index (χ0n) is 7.70. The molecule has 0 amide bonds. The summed E-state index contributed by atoms with van der Waals surface area (Å²) in [7, 11) is 0. The number of hydrogen-bond acceptors (Lipinski definition) is 5. The van der Waals surface area contributed by atoms with Crippen LogP contribution in [0.3, 0.4) is 0 Å². The van der Waals surface area contributed by atoms with E-state index >= 15 is 0 Å². The number of halogens is 1. The topological polar surface area (TPSA) is 69.7 Å². The molecule has 0 aliphatic carbocycles. The summed E-state index contributed by atoms with van der Waals surface area (Å²) in [6.07, 6.45) is 0. The lowest BCUT2D eigenvalue weighted by Crippen LogP contribution is -2.29. The summed E-state index contributed by atoms with van der Waals surface area (Å²) in [6, 6.07) is 1.52. The van der Waals surface area contributed by atoms with Crippen LogP contribution in [0.2, 0.25) is 0 Å². The van der Waals surface area contributed by atoms with Gasteiger partial charge < -0.3 is 9.47 Å². The summed E-state index contributed by atoms with van der Waals surface area (Å²) < 4.78 is 10.6. The number of hydrogen-bond donors (Lipinski definition) is 0. The quantitative estimate of drug-likeness (QED) is 0.650. The van der Waals surface area contributed by atoms with Crippen LogP contribution in [0.4, 0.5) is 0 Å². The third kappa shape index (κ3) is 0.969. The van der Waals surface area contributed by atoms with Gasteiger partial charge in [0.05, 0.1) is 10.8 Å². The fourth-order valence-corrected chi connectivity index (χ4v) is 2.37. The average molecular weight is 283 g/mol. The van der Waals surface area contributed by atoms with Gasteiger partial charge in [-0.25, -0.2) is 0 Å². The molecular weight excluding hydrogens is 280 g/mol.